The van der Waals surface area contributed by atoms with E-state index in [0.717, 1.165) is 10.5 Å². The number of sulfone groups is 1. The van der Waals surface area contributed by atoms with Gasteiger partial charge < -0.3 is 5.11 Å². The fourth-order valence-electron chi connectivity index (χ4n) is 1.43. The summed E-state index contributed by atoms with van der Waals surface area (Å²) in [4.78, 5) is 1.00. The molecule has 0 aliphatic heterocycles. The van der Waals surface area contributed by atoms with E-state index in [2.05, 4.69) is 0 Å². The van der Waals surface area contributed by atoms with Gasteiger partial charge in [0.2, 0.25) is 0 Å². The molecule has 1 aromatic rings. The number of aliphatic hydroxyl groups is 1. The summed E-state index contributed by atoms with van der Waals surface area (Å²) in [5.74, 6) is 1.05. The lowest BCUT2D eigenvalue weighted by molar-refractivity contribution is 0.281. The van der Waals surface area contributed by atoms with Crippen LogP contribution >= 0.6 is 11.8 Å². The van der Waals surface area contributed by atoms with Crippen molar-refractivity contribution in [2.75, 3.05) is 17.3 Å². The van der Waals surface area contributed by atoms with Crippen molar-refractivity contribution in [3.05, 3.63) is 29.8 Å². The first-order valence-corrected chi connectivity index (χ1v) is 8.41. The zero-order valence-electron chi connectivity index (χ0n) is 9.93. The van der Waals surface area contributed by atoms with Crippen molar-refractivity contribution in [2.24, 2.45) is 0 Å². The lowest BCUT2D eigenvalue weighted by Gasteiger charge is -2.04. The Morgan fingerprint density at radius 3 is 2.71 bits per heavy atom. The van der Waals surface area contributed by atoms with Crippen LogP contribution in [0.3, 0.4) is 0 Å². The summed E-state index contributed by atoms with van der Waals surface area (Å²) in [6, 6.07) is 7.53. The second kappa shape index (κ2) is 7.03. The minimum absolute atomic E-state index is 0.0164. The average molecular weight is 274 g/mol. The Bertz CT molecular complexity index is 441. The van der Waals surface area contributed by atoms with Gasteiger partial charge in [0, 0.05) is 16.4 Å². The number of benzene rings is 1. The molecule has 0 amide bonds. The Morgan fingerprint density at radius 2 is 2.06 bits per heavy atom. The van der Waals surface area contributed by atoms with Crippen molar-refractivity contribution >= 4 is 21.6 Å². The van der Waals surface area contributed by atoms with Crippen molar-refractivity contribution in [3.63, 3.8) is 0 Å². The standard InChI is InChI=1S/C12H18O3S2/c1-2-7-17(14,15)8-6-16-12-5-3-4-11(9-12)10-13/h3-5,9,13H,2,6-8,10H2,1H3. The van der Waals surface area contributed by atoms with E-state index in [1.54, 1.807) is 0 Å². The number of hydrogen-bond acceptors (Lipinski definition) is 4. The SMILES string of the molecule is CCCS(=O)(=O)CCSc1cccc(CO)c1. The van der Waals surface area contributed by atoms with Gasteiger partial charge in [0.25, 0.3) is 0 Å². The van der Waals surface area contributed by atoms with Gasteiger partial charge in [-0.15, -0.1) is 11.8 Å². The van der Waals surface area contributed by atoms with Gasteiger partial charge in [0.05, 0.1) is 12.4 Å². The van der Waals surface area contributed by atoms with Crippen molar-refractivity contribution in [3.8, 4) is 0 Å². The predicted molar refractivity (Wildman–Crippen MR) is 72.0 cm³/mol. The molecule has 0 heterocycles. The van der Waals surface area contributed by atoms with E-state index in [4.69, 9.17) is 5.11 Å². The second-order valence-electron chi connectivity index (χ2n) is 3.81. The summed E-state index contributed by atoms with van der Waals surface area (Å²) in [5.41, 5.74) is 0.853. The highest BCUT2D eigenvalue weighted by Gasteiger charge is 2.09. The zero-order valence-corrected chi connectivity index (χ0v) is 11.6. The average Bonchev–Trinajstić information content (AvgIpc) is 2.29. The first-order valence-electron chi connectivity index (χ1n) is 5.60. The molecule has 0 spiro atoms. The molecule has 3 nitrogen and oxygen atoms in total. The second-order valence-corrected chi connectivity index (χ2v) is 7.28. The molecule has 1 aromatic carbocycles. The maximum Gasteiger partial charge on any atom is 0.151 e. The van der Waals surface area contributed by atoms with Crippen LogP contribution in [-0.4, -0.2) is 30.8 Å². The largest absolute Gasteiger partial charge is 0.392 e. The van der Waals surface area contributed by atoms with Crippen molar-refractivity contribution in [1.29, 1.82) is 0 Å². The third-order valence-electron chi connectivity index (χ3n) is 2.26. The van der Waals surface area contributed by atoms with E-state index in [9.17, 15) is 8.42 Å². The molecular formula is C12H18O3S2. The molecule has 0 saturated carbocycles. The van der Waals surface area contributed by atoms with Gasteiger partial charge in [-0.25, -0.2) is 8.42 Å². The van der Waals surface area contributed by atoms with Gasteiger partial charge in [0.1, 0.15) is 0 Å². The quantitative estimate of drug-likeness (QED) is 0.774. The number of thioether (sulfide) groups is 1. The molecule has 17 heavy (non-hydrogen) atoms. The third kappa shape index (κ3) is 5.57. The molecule has 1 N–H and O–H groups in total. The Labute approximate surface area is 107 Å². The third-order valence-corrected chi connectivity index (χ3v) is 5.37. The van der Waals surface area contributed by atoms with Gasteiger partial charge in [0.15, 0.2) is 9.84 Å². The van der Waals surface area contributed by atoms with Crippen LogP contribution in [0.4, 0.5) is 0 Å². The van der Waals surface area contributed by atoms with Gasteiger partial charge in [-0.3, -0.25) is 0 Å². The molecule has 0 bridgehead atoms. The normalized spacial score (nSPS) is 11.6. The highest BCUT2D eigenvalue weighted by molar-refractivity contribution is 8.00. The summed E-state index contributed by atoms with van der Waals surface area (Å²) in [6.45, 7) is 1.89. The number of hydrogen-bond donors (Lipinski definition) is 1. The molecule has 0 aliphatic rings. The van der Waals surface area contributed by atoms with E-state index >= 15 is 0 Å². The monoisotopic (exact) mass is 274 g/mol. The van der Waals surface area contributed by atoms with Gasteiger partial charge >= 0.3 is 0 Å². The van der Waals surface area contributed by atoms with E-state index in [1.807, 2.05) is 31.2 Å². The Balaban J connectivity index is 2.45. The summed E-state index contributed by atoms with van der Waals surface area (Å²) in [5, 5.41) is 8.98. The highest BCUT2D eigenvalue weighted by Crippen LogP contribution is 2.19. The van der Waals surface area contributed by atoms with E-state index in [1.165, 1.54) is 11.8 Å². The van der Waals surface area contributed by atoms with Crippen LogP contribution in [0.25, 0.3) is 0 Å². The molecule has 5 heteroatoms. The molecule has 0 radical (unpaired) electrons. The lowest BCUT2D eigenvalue weighted by Crippen LogP contribution is -2.12. The van der Waals surface area contributed by atoms with Crippen molar-refractivity contribution < 1.29 is 13.5 Å². The van der Waals surface area contributed by atoms with E-state index < -0.39 is 9.84 Å². The fourth-order valence-corrected chi connectivity index (χ4v) is 4.25. The Morgan fingerprint density at radius 1 is 1.29 bits per heavy atom. The summed E-state index contributed by atoms with van der Waals surface area (Å²) in [7, 11) is -2.89. The smallest absolute Gasteiger partial charge is 0.151 e. The molecule has 0 atom stereocenters. The molecule has 0 aromatic heterocycles. The van der Waals surface area contributed by atoms with Crippen LogP contribution in [0.5, 0.6) is 0 Å². The summed E-state index contributed by atoms with van der Waals surface area (Å²) in [6.07, 6.45) is 0.674. The van der Waals surface area contributed by atoms with Crippen LogP contribution in [-0.2, 0) is 16.4 Å². The minimum Gasteiger partial charge on any atom is -0.392 e. The first-order chi connectivity index (χ1) is 8.07. The van der Waals surface area contributed by atoms with Crippen LogP contribution in [0.1, 0.15) is 18.9 Å². The molecular weight excluding hydrogens is 256 g/mol. The van der Waals surface area contributed by atoms with Crippen LogP contribution in [0, 0.1) is 0 Å². The minimum atomic E-state index is -2.89. The number of rotatable bonds is 7. The molecule has 0 aliphatic carbocycles. The van der Waals surface area contributed by atoms with Gasteiger partial charge in [-0.2, -0.15) is 0 Å². The maximum atomic E-state index is 11.5. The van der Waals surface area contributed by atoms with Crippen LogP contribution in [0.2, 0.25) is 0 Å². The Kier molecular flexibility index (Phi) is 6.02. The molecule has 1 rings (SSSR count). The molecule has 96 valence electrons. The van der Waals surface area contributed by atoms with Crippen LogP contribution in [0.15, 0.2) is 29.2 Å². The first kappa shape index (κ1) is 14.5. The van der Waals surface area contributed by atoms with Gasteiger partial charge in [-0.05, 0) is 24.1 Å². The summed E-state index contributed by atoms with van der Waals surface area (Å²) >= 11 is 1.51. The molecule has 0 saturated heterocycles. The van der Waals surface area contributed by atoms with E-state index in [0.29, 0.717) is 12.2 Å². The maximum absolute atomic E-state index is 11.5. The fraction of sp³-hybridized carbons (Fsp3) is 0.500. The molecule has 0 fully saturated rings. The van der Waals surface area contributed by atoms with Crippen molar-refractivity contribution in [1.82, 2.24) is 0 Å². The zero-order chi connectivity index (χ0) is 12.7. The van der Waals surface area contributed by atoms with Crippen LogP contribution < -0.4 is 0 Å². The van der Waals surface area contributed by atoms with Crippen molar-refractivity contribution in [2.45, 2.75) is 24.8 Å². The lowest BCUT2D eigenvalue weighted by atomic mass is 10.2. The van der Waals surface area contributed by atoms with Gasteiger partial charge in [-0.1, -0.05) is 19.1 Å². The summed E-state index contributed by atoms with van der Waals surface area (Å²) < 4.78 is 23.0. The number of aliphatic hydroxyl groups excluding tert-OH is 1. The molecule has 0 unspecified atom stereocenters. The highest BCUT2D eigenvalue weighted by atomic mass is 32.2. The van der Waals surface area contributed by atoms with E-state index in [-0.39, 0.29) is 18.1 Å². The predicted octanol–water partition coefficient (Wildman–Crippen LogP) is 2.10. The Hall–Kier alpha value is -0.520. The topological polar surface area (TPSA) is 54.4 Å².